The first kappa shape index (κ1) is 16.0. The van der Waals surface area contributed by atoms with Gasteiger partial charge >= 0.3 is 5.97 Å². The summed E-state index contributed by atoms with van der Waals surface area (Å²) in [5.41, 5.74) is 0.631. The highest BCUT2D eigenvalue weighted by Gasteiger charge is 2.15. The lowest BCUT2D eigenvalue weighted by atomic mass is 10.1. The Balaban J connectivity index is 2.58. The predicted octanol–water partition coefficient (Wildman–Crippen LogP) is 2.86. The van der Waals surface area contributed by atoms with E-state index in [0.29, 0.717) is 11.3 Å². The molecule has 0 spiro atoms. The fraction of sp³-hybridized carbons (Fsp3) is 0.125. The standard InChI is InChI=1S/C16H13N3O4/c1-2-23-16(20)13(11-17)9-12-10-14(19(21)22)5-6-15(12)18-7-3-4-8-18/h3-10H,2H2,1H3/b13-9+. The van der Waals surface area contributed by atoms with Crippen LogP contribution >= 0.6 is 0 Å². The molecule has 0 N–H and O–H groups in total. The normalized spacial score (nSPS) is 10.9. The van der Waals surface area contributed by atoms with Gasteiger partial charge in [0.25, 0.3) is 5.69 Å². The summed E-state index contributed by atoms with van der Waals surface area (Å²) in [6.07, 6.45) is 4.81. The fourth-order valence-electron chi connectivity index (χ4n) is 2.00. The number of hydrogen-bond donors (Lipinski definition) is 0. The van der Waals surface area contributed by atoms with Gasteiger partial charge in [0.2, 0.25) is 0 Å². The number of aromatic nitrogens is 1. The molecule has 7 nitrogen and oxygen atoms in total. The average molecular weight is 311 g/mol. The van der Waals surface area contributed by atoms with E-state index in [2.05, 4.69) is 0 Å². The van der Waals surface area contributed by atoms with E-state index < -0.39 is 10.9 Å². The minimum absolute atomic E-state index is 0.131. The highest BCUT2D eigenvalue weighted by Crippen LogP contribution is 2.24. The van der Waals surface area contributed by atoms with Gasteiger partial charge in [0.1, 0.15) is 11.6 Å². The number of nitriles is 1. The molecule has 0 aliphatic rings. The van der Waals surface area contributed by atoms with Gasteiger partial charge in [-0.1, -0.05) is 0 Å². The number of ether oxygens (including phenoxy) is 1. The summed E-state index contributed by atoms with van der Waals surface area (Å²) in [5, 5.41) is 20.1. The van der Waals surface area contributed by atoms with Crippen LogP contribution in [0.25, 0.3) is 11.8 Å². The van der Waals surface area contributed by atoms with E-state index in [9.17, 15) is 14.9 Å². The molecule has 0 radical (unpaired) electrons. The van der Waals surface area contributed by atoms with Gasteiger partial charge in [-0.25, -0.2) is 4.79 Å². The molecule has 0 fully saturated rings. The summed E-state index contributed by atoms with van der Waals surface area (Å²) >= 11 is 0. The maximum absolute atomic E-state index is 11.7. The van der Waals surface area contributed by atoms with Crippen molar-refractivity contribution in [3.8, 4) is 11.8 Å². The van der Waals surface area contributed by atoms with Crippen LogP contribution in [0.1, 0.15) is 12.5 Å². The van der Waals surface area contributed by atoms with Gasteiger partial charge in [0.15, 0.2) is 0 Å². The number of nitro benzene ring substituents is 1. The summed E-state index contributed by atoms with van der Waals surface area (Å²) in [6.45, 7) is 1.77. The van der Waals surface area contributed by atoms with Crippen molar-refractivity contribution < 1.29 is 14.5 Å². The third-order valence-electron chi connectivity index (χ3n) is 3.02. The molecule has 0 amide bonds. The number of carbonyl (C=O) groups excluding carboxylic acids is 1. The smallest absolute Gasteiger partial charge is 0.348 e. The maximum atomic E-state index is 11.7. The molecule has 1 aromatic heterocycles. The molecule has 1 aromatic carbocycles. The second-order valence-electron chi connectivity index (χ2n) is 4.48. The van der Waals surface area contributed by atoms with E-state index in [4.69, 9.17) is 10.00 Å². The number of hydrogen-bond acceptors (Lipinski definition) is 5. The van der Waals surface area contributed by atoms with Gasteiger partial charge < -0.3 is 9.30 Å². The molecule has 0 aliphatic carbocycles. The summed E-state index contributed by atoms with van der Waals surface area (Å²) in [5.74, 6) is -0.764. The number of carbonyl (C=O) groups is 1. The minimum Gasteiger partial charge on any atom is -0.462 e. The minimum atomic E-state index is -0.764. The predicted molar refractivity (Wildman–Crippen MR) is 82.6 cm³/mol. The largest absolute Gasteiger partial charge is 0.462 e. The molecule has 2 rings (SSSR count). The van der Waals surface area contributed by atoms with E-state index in [-0.39, 0.29) is 17.9 Å². The molecule has 0 bridgehead atoms. The van der Waals surface area contributed by atoms with Crippen molar-refractivity contribution in [3.63, 3.8) is 0 Å². The van der Waals surface area contributed by atoms with Gasteiger partial charge in [0.05, 0.1) is 17.2 Å². The highest BCUT2D eigenvalue weighted by molar-refractivity contribution is 5.98. The second kappa shape index (κ2) is 7.04. The van der Waals surface area contributed by atoms with Crippen molar-refractivity contribution >= 4 is 17.7 Å². The molecule has 0 saturated heterocycles. The Bertz CT molecular complexity index is 801. The summed E-state index contributed by atoms with van der Waals surface area (Å²) < 4.78 is 6.54. The first-order chi connectivity index (χ1) is 11.1. The molecule has 1 heterocycles. The Labute approximate surface area is 132 Å². The van der Waals surface area contributed by atoms with Crippen molar-refractivity contribution in [1.29, 1.82) is 5.26 Å². The topological polar surface area (TPSA) is 98.2 Å². The Morgan fingerprint density at radius 1 is 1.43 bits per heavy atom. The summed E-state index contributed by atoms with van der Waals surface area (Å²) in [7, 11) is 0. The highest BCUT2D eigenvalue weighted by atomic mass is 16.6. The third-order valence-corrected chi connectivity index (χ3v) is 3.02. The van der Waals surface area contributed by atoms with Gasteiger partial charge in [-0.05, 0) is 31.2 Å². The van der Waals surface area contributed by atoms with Crippen LogP contribution in [0.4, 0.5) is 5.69 Å². The molecular weight excluding hydrogens is 298 g/mol. The van der Waals surface area contributed by atoms with Crippen molar-refractivity contribution in [2.24, 2.45) is 0 Å². The van der Waals surface area contributed by atoms with Crippen LogP contribution in [-0.2, 0) is 9.53 Å². The molecule has 2 aromatic rings. The average Bonchev–Trinajstić information content (AvgIpc) is 3.06. The number of rotatable bonds is 5. The Morgan fingerprint density at radius 2 is 2.13 bits per heavy atom. The van der Waals surface area contributed by atoms with Crippen LogP contribution in [0, 0.1) is 21.4 Å². The Morgan fingerprint density at radius 3 is 2.70 bits per heavy atom. The van der Waals surface area contributed by atoms with E-state index in [1.807, 2.05) is 0 Å². The van der Waals surface area contributed by atoms with Crippen molar-refractivity contribution in [3.05, 3.63) is 64.0 Å². The monoisotopic (exact) mass is 311 g/mol. The zero-order valence-electron chi connectivity index (χ0n) is 12.3. The number of nitrogens with zero attached hydrogens (tertiary/aromatic N) is 3. The first-order valence-electron chi connectivity index (χ1n) is 6.77. The number of esters is 1. The Hall–Kier alpha value is -3.40. The molecule has 0 atom stereocenters. The lowest BCUT2D eigenvalue weighted by molar-refractivity contribution is -0.384. The van der Waals surface area contributed by atoms with Crippen LogP contribution in [0.3, 0.4) is 0 Å². The van der Waals surface area contributed by atoms with Crippen LogP contribution in [0.15, 0.2) is 48.3 Å². The van der Waals surface area contributed by atoms with E-state index in [1.165, 1.54) is 18.2 Å². The van der Waals surface area contributed by atoms with Crippen LogP contribution in [-0.4, -0.2) is 22.1 Å². The van der Waals surface area contributed by atoms with Crippen LogP contribution in [0.2, 0.25) is 0 Å². The molecular formula is C16H13N3O4. The Kier molecular flexibility index (Phi) is 4.89. The lowest BCUT2D eigenvalue weighted by Gasteiger charge is -2.08. The first-order valence-corrected chi connectivity index (χ1v) is 6.77. The molecule has 7 heteroatoms. The second-order valence-corrected chi connectivity index (χ2v) is 4.48. The number of nitro groups is 1. The quantitative estimate of drug-likeness (QED) is 0.278. The van der Waals surface area contributed by atoms with Crippen molar-refractivity contribution in [2.45, 2.75) is 6.92 Å². The van der Waals surface area contributed by atoms with Crippen molar-refractivity contribution in [1.82, 2.24) is 4.57 Å². The summed E-state index contributed by atoms with van der Waals surface area (Å²) in [4.78, 5) is 22.2. The van der Waals surface area contributed by atoms with Gasteiger partial charge in [-0.3, -0.25) is 10.1 Å². The van der Waals surface area contributed by atoms with Crippen molar-refractivity contribution in [2.75, 3.05) is 6.61 Å². The zero-order chi connectivity index (χ0) is 16.8. The van der Waals surface area contributed by atoms with Gasteiger partial charge in [-0.2, -0.15) is 5.26 Å². The molecule has 0 unspecified atom stereocenters. The fourth-order valence-corrected chi connectivity index (χ4v) is 2.00. The van der Waals surface area contributed by atoms with E-state index in [1.54, 1.807) is 48.2 Å². The van der Waals surface area contributed by atoms with Crippen LogP contribution < -0.4 is 0 Å². The molecule has 0 saturated carbocycles. The molecule has 116 valence electrons. The van der Waals surface area contributed by atoms with E-state index in [0.717, 1.165) is 0 Å². The SMILES string of the molecule is CCOC(=O)/C(C#N)=C/c1cc([N+](=O)[O-])ccc1-n1cccc1. The lowest BCUT2D eigenvalue weighted by Crippen LogP contribution is -2.06. The van der Waals surface area contributed by atoms with Crippen LogP contribution in [0.5, 0.6) is 0 Å². The molecule has 23 heavy (non-hydrogen) atoms. The number of non-ortho nitro benzene ring substituents is 1. The van der Waals surface area contributed by atoms with Gasteiger partial charge in [0, 0.05) is 30.1 Å². The van der Waals surface area contributed by atoms with Gasteiger partial charge in [-0.15, -0.1) is 0 Å². The zero-order valence-corrected chi connectivity index (χ0v) is 12.3. The maximum Gasteiger partial charge on any atom is 0.348 e. The number of benzene rings is 1. The third kappa shape index (κ3) is 3.63. The van der Waals surface area contributed by atoms with E-state index >= 15 is 0 Å². The molecule has 0 aliphatic heterocycles. The summed E-state index contributed by atoms with van der Waals surface area (Å²) in [6, 6.07) is 9.59.